The van der Waals surface area contributed by atoms with Gasteiger partial charge in [-0.2, -0.15) is 0 Å². The molecule has 1 aliphatic rings. The van der Waals surface area contributed by atoms with Crippen molar-refractivity contribution in [3.05, 3.63) is 103 Å². The molecule has 1 heterocycles. The fourth-order valence-corrected chi connectivity index (χ4v) is 3.90. The number of halogens is 3. The van der Waals surface area contributed by atoms with Crippen LogP contribution in [0.2, 0.25) is 10.0 Å². The molecule has 0 bridgehead atoms. The molecule has 0 saturated heterocycles. The Hall–Kier alpha value is -2.35. The number of hydrogen-bond acceptors (Lipinski definition) is 4. The van der Waals surface area contributed by atoms with E-state index < -0.39 is 5.97 Å². The lowest BCUT2D eigenvalue weighted by Gasteiger charge is -2.07. The summed E-state index contributed by atoms with van der Waals surface area (Å²) in [6.07, 6.45) is 1.66. The van der Waals surface area contributed by atoms with Gasteiger partial charge in [0.15, 0.2) is 5.70 Å². The highest BCUT2D eigenvalue weighted by Crippen LogP contribution is 2.26. The van der Waals surface area contributed by atoms with Crippen LogP contribution < -0.4 is 4.74 Å². The lowest BCUT2D eigenvalue weighted by atomic mass is 10.2. The van der Waals surface area contributed by atoms with Gasteiger partial charge in [-0.15, -0.1) is 0 Å². The van der Waals surface area contributed by atoms with Crippen LogP contribution in [0.15, 0.2) is 77.4 Å². The Morgan fingerprint density at radius 2 is 1.83 bits per heavy atom. The van der Waals surface area contributed by atoms with E-state index in [-0.39, 0.29) is 11.6 Å². The predicted molar refractivity (Wildman–Crippen MR) is 127 cm³/mol. The normalized spacial score (nSPS) is 14.6. The van der Waals surface area contributed by atoms with Crippen molar-refractivity contribution in [2.45, 2.75) is 6.61 Å². The van der Waals surface area contributed by atoms with Gasteiger partial charge in [-0.05, 0) is 82.3 Å². The van der Waals surface area contributed by atoms with Crippen LogP contribution in [0.25, 0.3) is 6.08 Å². The summed E-state index contributed by atoms with van der Waals surface area (Å²) in [7, 11) is 0. The Labute approximate surface area is 197 Å². The maximum atomic E-state index is 12.2. The van der Waals surface area contributed by atoms with Gasteiger partial charge in [-0.3, -0.25) is 0 Å². The number of carbonyl (C=O) groups excluding carboxylic acids is 1. The van der Waals surface area contributed by atoms with Gasteiger partial charge < -0.3 is 9.47 Å². The van der Waals surface area contributed by atoms with E-state index in [1.54, 1.807) is 24.3 Å². The SMILES string of the molecule is O=C1OC(c2ccc(Cl)cc2Cl)=N/C1=C\c1ccc(OCc2cccc(I)c2)cc1. The predicted octanol–water partition coefficient (Wildman–Crippen LogP) is 6.52. The van der Waals surface area contributed by atoms with Crippen molar-refractivity contribution in [1.29, 1.82) is 0 Å². The zero-order valence-electron chi connectivity index (χ0n) is 15.4. The zero-order chi connectivity index (χ0) is 21.1. The van der Waals surface area contributed by atoms with E-state index in [0.717, 1.165) is 16.9 Å². The first-order valence-electron chi connectivity index (χ1n) is 8.93. The molecular weight excluding hydrogens is 536 g/mol. The number of rotatable bonds is 5. The van der Waals surface area contributed by atoms with Crippen LogP contribution in [-0.4, -0.2) is 11.9 Å². The average molecular weight is 550 g/mol. The fourth-order valence-electron chi connectivity index (χ4n) is 2.80. The minimum atomic E-state index is -0.532. The summed E-state index contributed by atoms with van der Waals surface area (Å²) < 4.78 is 12.3. The smallest absolute Gasteiger partial charge is 0.363 e. The van der Waals surface area contributed by atoms with E-state index in [2.05, 4.69) is 33.6 Å². The molecule has 3 aromatic carbocycles. The maximum Gasteiger partial charge on any atom is 0.363 e. The van der Waals surface area contributed by atoms with E-state index in [1.165, 1.54) is 3.57 Å². The van der Waals surface area contributed by atoms with E-state index >= 15 is 0 Å². The molecule has 0 aromatic heterocycles. The number of esters is 1. The summed E-state index contributed by atoms with van der Waals surface area (Å²) in [6.45, 7) is 0.485. The second-order valence-corrected chi connectivity index (χ2v) is 8.54. The van der Waals surface area contributed by atoms with Crippen molar-refractivity contribution in [3.63, 3.8) is 0 Å². The number of nitrogens with zero attached hydrogens (tertiary/aromatic N) is 1. The molecule has 0 amide bonds. The monoisotopic (exact) mass is 549 g/mol. The second kappa shape index (κ2) is 9.20. The number of benzene rings is 3. The summed E-state index contributed by atoms with van der Waals surface area (Å²) in [5.41, 5.74) is 2.61. The first kappa shape index (κ1) is 20.9. The molecule has 0 spiro atoms. The van der Waals surface area contributed by atoms with Crippen LogP contribution >= 0.6 is 45.8 Å². The fraction of sp³-hybridized carbons (Fsp3) is 0.0435. The summed E-state index contributed by atoms with van der Waals surface area (Å²) >= 11 is 14.4. The minimum Gasteiger partial charge on any atom is -0.489 e. The van der Waals surface area contributed by atoms with Gasteiger partial charge in [0.05, 0.1) is 10.6 Å². The lowest BCUT2D eigenvalue weighted by Crippen LogP contribution is -2.05. The first-order chi connectivity index (χ1) is 14.5. The molecule has 0 unspecified atom stereocenters. The Bertz CT molecular complexity index is 1170. The molecule has 0 atom stereocenters. The van der Waals surface area contributed by atoms with Gasteiger partial charge in [0.2, 0.25) is 5.90 Å². The van der Waals surface area contributed by atoms with Crippen molar-refractivity contribution < 1.29 is 14.3 Å². The second-order valence-electron chi connectivity index (χ2n) is 6.45. The number of ether oxygens (including phenoxy) is 2. The molecule has 7 heteroatoms. The summed E-state index contributed by atoms with van der Waals surface area (Å²) in [5.74, 6) is 0.363. The van der Waals surface area contributed by atoms with Gasteiger partial charge in [0.1, 0.15) is 12.4 Å². The summed E-state index contributed by atoms with van der Waals surface area (Å²) in [6, 6.07) is 20.4. The zero-order valence-corrected chi connectivity index (χ0v) is 19.1. The van der Waals surface area contributed by atoms with Crippen molar-refractivity contribution >= 4 is 63.7 Å². The molecule has 1 aliphatic heterocycles. The van der Waals surface area contributed by atoms with Gasteiger partial charge in [0.25, 0.3) is 0 Å². The number of aliphatic imine (C=N–C) groups is 1. The van der Waals surface area contributed by atoms with Crippen LogP contribution in [0, 0.1) is 3.57 Å². The van der Waals surface area contributed by atoms with Crippen LogP contribution in [0.1, 0.15) is 16.7 Å². The van der Waals surface area contributed by atoms with Gasteiger partial charge in [0, 0.05) is 8.59 Å². The first-order valence-corrected chi connectivity index (χ1v) is 10.8. The highest BCUT2D eigenvalue weighted by molar-refractivity contribution is 14.1. The van der Waals surface area contributed by atoms with Crippen LogP contribution in [0.4, 0.5) is 0 Å². The summed E-state index contributed by atoms with van der Waals surface area (Å²) in [4.78, 5) is 16.5. The number of cyclic esters (lactones) is 1. The van der Waals surface area contributed by atoms with Crippen molar-refractivity contribution in [1.82, 2.24) is 0 Å². The Balaban J connectivity index is 1.47. The molecule has 150 valence electrons. The lowest BCUT2D eigenvalue weighted by molar-refractivity contribution is -0.129. The topological polar surface area (TPSA) is 47.9 Å². The van der Waals surface area contributed by atoms with Crippen LogP contribution in [0.5, 0.6) is 5.75 Å². The molecule has 0 aliphatic carbocycles. The molecule has 0 N–H and O–H groups in total. The molecule has 30 heavy (non-hydrogen) atoms. The minimum absolute atomic E-state index is 0.158. The van der Waals surface area contributed by atoms with Gasteiger partial charge >= 0.3 is 5.97 Å². The highest BCUT2D eigenvalue weighted by atomic mass is 127. The quantitative estimate of drug-likeness (QED) is 0.207. The molecule has 0 saturated carbocycles. The Morgan fingerprint density at radius 3 is 2.57 bits per heavy atom. The van der Waals surface area contributed by atoms with E-state index in [4.69, 9.17) is 32.7 Å². The van der Waals surface area contributed by atoms with E-state index in [0.29, 0.717) is 22.2 Å². The molecular formula is C23H14Cl2INO3. The molecule has 4 rings (SSSR count). The van der Waals surface area contributed by atoms with Crippen molar-refractivity contribution in [2.75, 3.05) is 0 Å². The van der Waals surface area contributed by atoms with Crippen molar-refractivity contribution in [2.24, 2.45) is 4.99 Å². The van der Waals surface area contributed by atoms with E-state index in [9.17, 15) is 4.79 Å². The number of carbonyl (C=O) groups is 1. The maximum absolute atomic E-state index is 12.2. The van der Waals surface area contributed by atoms with Crippen LogP contribution in [-0.2, 0) is 16.1 Å². The van der Waals surface area contributed by atoms with E-state index in [1.807, 2.05) is 42.5 Å². The third-order valence-corrected chi connectivity index (χ3v) is 5.48. The number of hydrogen-bond donors (Lipinski definition) is 0. The van der Waals surface area contributed by atoms with Crippen molar-refractivity contribution in [3.8, 4) is 5.75 Å². The standard InChI is InChI=1S/C23H14Cl2INO3/c24-16-6-9-19(20(25)12-16)22-27-21(23(28)30-22)11-14-4-7-18(8-5-14)29-13-15-2-1-3-17(26)10-15/h1-12H,13H2/b21-11-. The molecule has 4 nitrogen and oxygen atoms in total. The highest BCUT2D eigenvalue weighted by Gasteiger charge is 2.25. The molecule has 0 radical (unpaired) electrons. The third kappa shape index (κ3) is 5.03. The largest absolute Gasteiger partial charge is 0.489 e. The van der Waals surface area contributed by atoms with Crippen LogP contribution in [0.3, 0.4) is 0 Å². The average Bonchev–Trinajstić information content (AvgIpc) is 3.07. The van der Waals surface area contributed by atoms with Gasteiger partial charge in [-0.1, -0.05) is 47.5 Å². The Kier molecular flexibility index (Phi) is 6.41. The van der Waals surface area contributed by atoms with Gasteiger partial charge in [-0.25, -0.2) is 9.79 Å². The molecule has 3 aromatic rings. The Morgan fingerprint density at radius 1 is 1.03 bits per heavy atom. The third-order valence-electron chi connectivity index (χ3n) is 4.26. The summed E-state index contributed by atoms with van der Waals surface area (Å²) in [5, 5.41) is 0.860. The molecule has 0 fully saturated rings.